The predicted octanol–water partition coefficient (Wildman–Crippen LogP) is 6.35. The van der Waals surface area contributed by atoms with Crippen molar-refractivity contribution in [3.63, 3.8) is 0 Å². The summed E-state index contributed by atoms with van der Waals surface area (Å²) >= 11 is 6.08. The summed E-state index contributed by atoms with van der Waals surface area (Å²) in [6.45, 7) is 1.52. The zero-order chi connectivity index (χ0) is 24.9. The van der Waals surface area contributed by atoms with E-state index in [9.17, 15) is 4.79 Å². The summed E-state index contributed by atoms with van der Waals surface area (Å²) in [5.74, 6) is 1.22. The fourth-order valence-corrected chi connectivity index (χ4v) is 4.60. The van der Waals surface area contributed by atoms with Crippen molar-refractivity contribution in [2.75, 3.05) is 13.2 Å². The lowest BCUT2D eigenvalue weighted by Gasteiger charge is -2.26. The maximum atomic E-state index is 13.7. The van der Waals surface area contributed by atoms with E-state index in [1.165, 1.54) is 0 Å². The van der Waals surface area contributed by atoms with Crippen LogP contribution in [0.5, 0.6) is 11.6 Å². The molecule has 36 heavy (non-hydrogen) atoms. The predicted molar refractivity (Wildman–Crippen MR) is 140 cm³/mol. The van der Waals surface area contributed by atoms with Crippen molar-refractivity contribution >= 4 is 17.5 Å². The largest absolute Gasteiger partial charge is 0.439 e. The van der Waals surface area contributed by atoms with Crippen molar-refractivity contribution in [1.82, 2.24) is 14.7 Å². The SMILES string of the molecule is Cn1nc(-c2ccccc2)c(CN(C[C@@H]2CCCO2)C(=O)c2ccc(Cl)cc2)c1Oc1ccccc1. The summed E-state index contributed by atoms with van der Waals surface area (Å²) in [6, 6.07) is 26.6. The zero-order valence-corrected chi connectivity index (χ0v) is 20.9. The van der Waals surface area contributed by atoms with Gasteiger partial charge in [-0.15, -0.1) is 0 Å². The zero-order valence-electron chi connectivity index (χ0n) is 20.1. The van der Waals surface area contributed by atoms with Crippen molar-refractivity contribution in [1.29, 1.82) is 0 Å². The van der Waals surface area contributed by atoms with E-state index in [-0.39, 0.29) is 12.0 Å². The normalized spacial score (nSPS) is 15.1. The van der Waals surface area contributed by atoms with Crippen molar-refractivity contribution in [2.45, 2.75) is 25.5 Å². The highest BCUT2D eigenvalue weighted by Gasteiger charge is 2.28. The van der Waals surface area contributed by atoms with Gasteiger partial charge in [0.15, 0.2) is 0 Å². The molecule has 4 aromatic rings. The highest BCUT2D eigenvalue weighted by atomic mass is 35.5. The van der Waals surface area contributed by atoms with E-state index in [4.69, 9.17) is 26.2 Å². The third-order valence-electron chi connectivity index (χ3n) is 6.27. The number of nitrogens with zero attached hydrogens (tertiary/aromatic N) is 3. The molecule has 184 valence electrons. The van der Waals surface area contributed by atoms with Crippen molar-refractivity contribution in [3.8, 4) is 22.9 Å². The molecule has 1 fully saturated rings. The number of para-hydroxylation sites is 1. The lowest BCUT2D eigenvalue weighted by molar-refractivity contribution is 0.0506. The van der Waals surface area contributed by atoms with Gasteiger partial charge in [0.1, 0.15) is 11.4 Å². The van der Waals surface area contributed by atoms with E-state index in [2.05, 4.69) is 0 Å². The van der Waals surface area contributed by atoms with Crippen LogP contribution >= 0.6 is 11.6 Å². The summed E-state index contributed by atoms with van der Waals surface area (Å²) in [5.41, 5.74) is 3.16. The van der Waals surface area contributed by atoms with Gasteiger partial charge in [-0.3, -0.25) is 4.79 Å². The molecule has 0 saturated carbocycles. The molecule has 7 heteroatoms. The van der Waals surface area contributed by atoms with Crippen LogP contribution < -0.4 is 4.74 Å². The third-order valence-corrected chi connectivity index (χ3v) is 6.52. The standard InChI is InChI=1S/C29H28ClN3O3/c1-32-29(36-24-11-6-3-7-12-24)26(27(31-32)21-9-4-2-5-10-21)20-33(19-25-13-8-18-35-25)28(34)22-14-16-23(30)17-15-22/h2-7,9-12,14-17,25H,8,13,18-20H2,1H3/t25-/m0/s1. The van der Waals surface area contributed by atoms with Crippen LogP contribution in [-0.2, 0) is 18.3 Å². The first kappa shape index (κ1) is 24.1. The number of hydrogen-bond acceptors (Lipinski definition) is 4. The van der Waals surface area contributed by atoms with Gasteiger partial charge in [-0.05, 0) is 49.2 Å². The van der Waals surface area contributed by atoms with Crippen molar-refractivity contribution < 1.29 is 14.3 Å². The first-order valence-electron chi connectivity index (χ1n) is 12.1. The number of benzene rings is 3. The Balaban J connectivity index is 1.55. The molecule has 1 saturated heterocycles. The number of amides is 1. The van der Waals surface area contributed by atoms with E-state index in [0.717, 1.165) is 36.3 Å². The second-order valence-electron chi connectivity index (χ2n) is 8.86. The molecule has 0 bridgehead atoms. The fraction of sp³-hybridized carbons (Fsp3) is 0.241. The fourth-order valence-electron chi connectivity index (χ4n) is 4.47. The van der Waals surface area contributed by atoms with Gasteiger partial charge in [-0.1, -0.05) is 60.1 Å². The number of rotatable bonds is 8. The molecule has 5 rings (SSSR count). The molecule has 1 aliphatic rings. The van der Waals surface area contributed by atoms with Gasteiger partial charge in [0, 0.05) is 36.3 Å². The van der Waals surface area contributed by atoms with Crippen LogP contribution in [0.15, 0.2) is 84.9 Å². The summed E-state index contributed by atoms with van der Waals surface area (Å²) in [7, 11) is 1.86. The molecule has 2 heterocycles. The maximum absolute atomic E-state index is 13.7. The first-order chi connectivity index (χ1) is 17.6. The molecule has 6 nitrogen and oxygen atoms in total. The Labute approximate surface area is 216 Å². The minimum absolute atomic E-state index is 0.00316. The van der Waals surface area contributed by atoms with Crippen LogP contribution in [0, 0.1) is 0 Å². The maximum Gasteiger partial charge on any atom is 0.254 e. The molecule has 0 unspecified atom stereocenters. The van der Waals surface area contributed by atoms with Crippen LogP contribution in [-0.4, -0.2) is 39.8 Å². The van der Waals surface area contributed by atoms with E-state index in [1.54, 1.807) is 28.9 Å². The van der Waals surface area contributed by atoms with Gasteiger partial charge in [-0.25, -0.2) is 4.68 Å². The molecule has 1 atom stereocenters. The van der Waals surface area contributed by atoms with E-state index in [1.807, 2.05) is 72.6 Å². The van der Waals surface area contributed by atoms with Crippen LogP contribution in [0.2, 0.25) is 5.02 Å². The summed E-state index contributed by atoms with van der Waals surface area (Å²) < 4.78 is 14.0. The molecule has 3 aromatic carbocycles. The van der Waals surface area contributed by atoms with E-state index < -0.39 is 0 Å². The number of carbonyl (C=O) groups excluding carboxylic acids is 1. The van der Waals surface area contributed by atoms with Crippen molar-refractivity contribution in [3.05, 3.63) is 101 Å². The van der Waals surface area contributed by atoms with Crippen LogP contribution in [0.3, 0.4) is 0 Å². The second kappa shape index (κ2) is 11.0. The number of aryl methyl sites for hydroxylation is 1. The Kier molecular flexibility index (Phi) is 7.35. The quantitative estimate of drug-likeness (QED) is 0.282. The van der Waals surface area contributed by atoms with E-state index in [0.29, 0.717) is 35.3 Å². The molecule has 0 N–H and O–H groups in total. The minimum atomic E-state index is -0.0873. The number of hydrogen-bond donors (Lipinski definition) is 0. The molecule has 1 aromatic heterocycles. The number of ether oxygens (including phenoxy) is 2. The molecule has 0 aliphatic carbocycles. The van der Waals surface area contributed by atoms with Gasteiger partial charge < -0.3 is 14.4 Å². The lowest BCUT2D eigenvalue weighted by Crippen LogP contribution is -2.37. The van der Waals surface area contributed by atoms with Gasteiger partial charge in [-0.2, -0.15) is 5.10 Å². The van der Waals surface area contributed by atoms with Gasteiger partial charge >= 0.3 is 0 Å². The Morgan fingerprint density at radius 2 is 1.75 bits per heavy atom. The number of halogens is 1. The Hall–Kier alpha value is -3.61. The molecule has 1 aliphatic heterocycles. The molecular formula is C29H28ClN3O3. The highest BCUT2D eigenvalue weighted by molar-refractivity contribution is 6.30. The molecule has 1 amide bonds. The monoisotopic (exact) mass is 501 g/mol. The Morgan fingerprint density at radius 1 is 1.06 bits per heavy atom. The first-order valence-corrected chi connectivity index (χ1v) is 12.5. The lowest BCUT2D eigenvalue weighted by atomic mass is 10.1. The van der Waals surface area contributed by atoms with Crippen LogP contribution in [0.1, 0.15) is 28.8 Å². The smallest absolute Gasteiger partial charge is 0.254 e. The average molecular weight is 502 g/mol. The van der Waals surface area contributed by atoms with Crippen LogP contribution in [0.25, 0.3) is 11.3 Å². The molecule has 0 spiro atoms. The number of carbonyl (C=O) groups is 1. The van der Waals surface area contributed by atoms with Gasteiger partial charge in [0.25, 0.3) is 5.91 Å². The summed E-state index contributed by atoms with van der Waals surface area (Å²) in [6.07, 6.45) is 1.92. The summed E-state index contributed by atoms with van der Waals surface area (Å²) in [4.78, 5) is 15.6. The Bertz CT molecular complexity index is 1300. The highest BCUT2D eigenvalue weighted by Crippen LogP contribution is 2.34. The van der Waals surface area contributed by atoms with Gasteiger partial charge in [0.05, 0.1) is 18.2 Å². The summed E-state index contributed by atoms with van der Waals surface area (Å²) in [5, 5.41) is 5.40. The van der Waals surface area contributed by atoms with E-state index >= 15 is 0 Å². The van der Waals surface area contributed by atoms with Crippen molar-refractivity contribution in [2.24, 2.45) is 7.05 Å². The molecular weight excluding hydrogens is 474 g/mol. The topological polar surface area (TPSA) is 56.6 Å². The average Bonchev–Trinajstić information content (AvgIpc) is 3.53. The molecule has 0 radical (unpaired) electrons. The minimum Gasteiger partial charge on any atom is -0.439 e. The third kappa shape index (κ3) is 5.45. The second-order valence-corrected chi connectivity index (χ2v) is 9.30. The Morgan fingerprint density at radius 3 is 2.42 bits per heavy atom. The number of aromatic nitrogens is 2. The van der Waals surface area contributed by atoms with Crippen LogP contribution in [0.4, 0.5) is 0 Å². The van der Waals surface area contributed by atoms with Gasteiger partial charge in [0.2, 0.25) is 5.88 Å².